The molecule has 2 atom stereocenters. The third-order valence-corrected chi connectivity index (χ3v) is 3.16. The van der Waals surface area contributed by atoms with E-state index in [0.717, 1.165) is 5.56 Å². The highest BCUT2D eigenvalue weighted by Crippen LogP contribution is 2.09. The van der Waals surface area contributed by atoms with Crippen molar-refractivity contribution < 1.29 is 4.79 Å². The van der Waals surface area contributed by atoms with E-state index in [1.165, 1.54) is 0 Å². The summed E-state index contributed by atoms with van der Waals surface area (Å²) in [6.07, 6.45) is 3.52. The van der Waals surface area contributed by atoms with E-state index >= 15 is 0 Å². The number of amides is 1. The number of hydrogen-bond acceptors (Lipinski definition) is 3. The minimum atomic E-state index is 0.0390. The Morgan fingerprint density at radius 1 is 1.22 bits per heavy atom. The van der Waals surface area contributed by atoms with E-state index in [1.807, 2.05) is 26.0 Å². The number of hydrogen-bond donors (Lipinski definition) is 2. The highest BCUT2D eigenvalue weighted by molar-refractivity contribution is 5.78. The first-order valence-corrected chi connectivity index (χ1v) is 6.43. The Kier molecular flexibility index (Phi) is 5.78. The Morgan fingerprint density at radius 3 is 2.39 bits per heavy atom. The van der Waals surface area contributed by atoms with Crippen LogP contribution in [0.2, 0.25) is 0 Å². The number of carbonyl (C=O) groups is 1. The lowest BCUT2D eigenvalue weighted by Crippen LogP contribution is -2.41. The van der Waals surface area contributed by atoms with Crippen molar-refractivity contribution in [2.75, 3.05) is 6.54 Å². The summed E-state index contributed by atoms with van der Waals surface area (Å²) in [5.74, 6) is 0.490. The Hall–Kier alpha value is -1.42. The maximum Gasteiger partial charge on any atom is 0.234 e. The van der Waals surface area contributed by atoms with Crippen LogP contribution in [0.3, 0.4) is 0 Å². The van der Waals surface area contributed by atoms with Crippen molar-refractivity contribution in [1.29, 1.82) is 0 Å². The van der Waals surface area contributed by atoms with Crippen molar-refractivity contribution in [3.05, 3.63) is 30.1 Å². The van der Waals surface area contributed by atoms with Gasteiger partial charge in [0.2, 0.25) is 5.91 Å². The fourth-order valence-corrected chi connectivity index (χ4v) is 1.49. The maximum atomic E-state index is 11.7. The molecule has 0 aromatic carbocycles. The molecule has 0 aliphatic rings. The third-order valence-electron chi connectivity index (χ3n) is 3.16. The number of rotatable bonds is 6. The van der Waals surface area contributed by atoms with E-state index in [0.29, 0.717) is 12.5 Å². The molecule has 0 fully saturated rings. The molecule has 0 radical (unpaired) electrons. The van der Waals surface area contributed by atoms with Gasteiger partial charge in [-0.15, -0.1) is 0 Å². The van der Waals surface area contributed by atoms with Crippen LogP contribution in [-0.4, -0.2) is 23.5 Å². The molecule has 0 saturated carbocycles. The number of nitrogens with one attached hydrogen (secondary N) is 2. The highest BCUT2D eigenvalue weighted by atomic mass is 16.1. The molecule has 18 heavy (non-hydrogen) atoms. The molecule has 1 aromatic heterocycles. The predicted octanol–water partition coefficient (Wildman–Crippen LogP) is 1.89. The van der Waals surface area contributed by atoms with Crippen molar-refractivity contribution in [3.63, 3.8) is 0 Å². The van der Waals surface area contributed by atoms with Crippen molar-refractivity contribution in [2.24, 2.45) is 5.92 Å². The zero-order chi connectivity index (χ0) is 13.5. The third kappa shape index (κ3) is 4.84. The van der Waals surface area contributed by atoms with Crippen molar-refractivity contribution in [1.82, 2.24) is 15.6 Å². The molecule has 4 heteroatoms. The van der Waals surface area contributed by atoms with Crippen LogP contribution in [0.1, 0.15) is 39.3 Å². The smallest absolute Gasteiger partial charge is 0.234 e. The molecule has 4 nitrogen and oxygen atoms in total. The quantitative estimate of drug-likeness (QED) is 0.809. The lowest BCUT2D eigenvalue weighted by Gasteiger charge is -2.19. The highest BCUT2D eigenvalue weighted by Gasteiger charge is 2.11. The molecular formula is C14H23N3O. The van der Waals surface area contributed by atoms with Gasteiger partial charge in [-0.25, -0.2) is 0 Å². The predicted molar refractivity (Wildman–Crippen MR) is 73.1 cm³/mol. The van der Waals surface area contributed by atoms with E-state index in [-0.39, 0.29) is 18.0 Å². The topological polar surface area (TPSA) is 54.0 Å². The van der Waals surface area contributed by atoms with Crippen LogP contribution in [0.5, 0.6) is 0 Å². The van der Waals surface area contributed by atoms with Crippen LogP contribution >= 0.6 is 0 Å². The molecule has 1 heterocycles. The molecule has 2 N–H and O–H groups in total. The summed E-state index contributed by atoms with van der Waals surface area (Å²) in [5, 5.41) is 6.18. The van der Waals surface area contributed by atoms with Gasteiger partial charge in [-0.1, -0.05) is 13.8 Å². The minimum Gasteiger partial charge on any atom is -0.352 e. The molecule has 0 aliphatic carbocycles. The van der Waals surface area contributed by atoms with Gasteiger partial charge in [0.05, 0.1) is 6.54 Å². The van der Waals surface area contributed by atoms with Crippen LogP contribution in [0.15, 0.2) is 24.5 Å². The number of nitrogens with zero attached hydrogens (tertiary/aromatic N) is 1. The van der Waals surface area contributed by atoms with E-state index < -0.39 is 0 Å². The van der Waals surface area contributed by atoms with Gasteiger partial charge in [0.1, 0.15) is 0 Å². The summed E-state index contributed by atoms with van der Waals surface area (Å²) in [5.41, 5.74) is 1.13. The molecule has 1 unspecified atom stereocenters. The number of pyridine rings is 1. The maximum absolute atomic E-state index is 11.7. The standard InChI is InChI=1S/C14H23N3O/c1-10(2)11(3)17-14(18)9-16-12(4)13-5-7-15-8-6-13/h5-8,10-12,16H,9H2,1-4H3,(H,17,18)/t11?,12-/m1/s1. The van der Waals surface area contributed by atoms with Crippen molar-refractivity contribution >= 4 is 5.91 Å². The fraction of sp³-hybridized carbons (Fsp3) is 0.571. The second-order valence-electron chi connectivity index (χ2n) is 4.98. The van der Waals surface area contributed by atoms with Crippen LogP contribution in [0.4, 0.5) is 0 Å². The van der Waals surface area contributed by atoms with Gasteiger partial charge in [0.15, 0.2) is 0 Å². The Balaban J connectivity index is 2.35. The summed E-state index contributed by atoms with van der Waals surface area (Å²) in [7, 11) is 0. The summed E-state index contributed by atoms with van der Waals surface area (Å²) in [6, 6.07) is 4.25. The van der Waals surface area contributed by atoms with Crippen LogP contribution in [-0.2, 0) is 4.79 Å². The molecule has 100 valence electrons. The first-order valence-electron chi connectivity index (χ1n) is 6.43. The molecule has 1 amide bonds. The first kappa shape index (κ1) is 14.6. The Bertz CT molecular complexity index is 365. The zero-order valence-electron chi connectivity index (χ0n) is 11.6. The van der Waals surface area contributed by atoms with Crippen LogP contribution in [0.25, 0.3) is 0 Å². The lowest BCUT2D eigenvalue weighted by molar-refractivity contribution is -0.121. The molecule has 0 saturated heterocycles. The van der Waals surface area contributed by atoms with Gasteiger partial charge >= 0.3 is 0 Å². The SMILES string of the molecule is CC(C)C(C)NC(=O)CN[C@H](C)c1ccncc1. The van der Waals surface area contributed by atoms with Crippen LogP contribution < -0.4 is 10.6 Å². The first-order chi connectivity index (χ1) is 8.50. The molecule has 0 aliphatic heterocycles. The second kappa shape index (κ2) is 7.11. The van der Waals surface area contributed by atoms with E-state index in [4.69, 9.17) is 0 Å². The normalized spacial score (nSPS) is 14.3. The molecule has 0 spiro atoms. The Labute approximate surface area is 109 Å². The molecular weight excluding hydrogens is 226 g/mol. The zero-order valence-corrected chi connectivity index (χ0v) is 11.6. The second-order valence-corrected chi connectivity index (χ2v) is 4.98. The molecule has 0 bridgehead atoms. The summed E-state index contributed by atoms with van der Waals surface area (Å²) >= 11 is 0. The monoisotopic (exact) mass is 249 g/mol. The summed E-state index contributed by atoms with van der Waals surface area (Å²) in [6.45, 7) is 8.58. The van der Waals surface area contributed by atoms with Crippen molar-refractivity contribution in [2.45, 2.75) is 39.8 Å². The van der Waals surface area contributed by atoms with Crippen molar-refractivity contribution in [3.8, 4) is 0 Å². The Morgan fingerprint density at radius 2 is 1.83 bits per heavy atom. The van der Waals surface area contributed by atoms with Gasteiger partial charge in [-0.05, 0) is 37.5 Å². The largest absolute Gasteiger partial charge is 0.352 e. The average Bonchev–Trinajstić information content (AvgIpc) is 2.36. The molecule has 1 rings (SSSR count). The van der Waals surface area contributed by atoms with Gasteiger partial charge in [-0.3, -0.25) is 9.78 Å². The summed E-state index contributed by atoms with van der Waals surface area (Å²) in [4.78, 5) is 15.7. The molecule has 1 aromatic rings. The van der Waals surface area contributed by atoms with Gasteiger partial charge in [-0.2, -0.15) is 0 Å². The van der Waals surface area contributed by atoms with E-state index in [2.05, 4.69) is 29.5 Å². The van der Waals surface area contributed by atoms with Gasteiger partial charge < -0.3 is 10.6 Å². The van der Waals surface area contributed by atoms with E-state index in [1.54, 1.807) is 12.4 Å². The van der Waals surface area contributed by atoms with Crippen LogP contribution in [0, 0.1) is 5.92 Å². The lowest BCUT2D eigenvalue weighted by atomic mass is 10.1. The number of carbonyl (C=O) groups excluding carboxylic acids is 1. The summed E-state index contributed by atoms with van der Waals surface area (Å²) < 4.78 is 0. The minimum absolute atomic E-state index is 0.0390. The van der Waals surface area contributed by atoms with E-state index in [9.17, 15) is 4.79 Å². The number of aromatic nitrogens is 1. The van der Waals surface area contributed by atoms with Gasteiger partial charge in [0.25, 0.3) is 0 Å². The fourth-order valence-electron chi connectivity index (χ4n) is 1.49. The van der Waals surface area contributed by atoms with Gasteiger partial charge in [0, 0.05) is 24.5 Å². The average molecular weight is 249 g/mol.